The predicted octanol–water partition coefficient (Wildman–Crippen LogP) is 0.284. The van der Waals surface area contributed by atoms with Crippen molar-refractivity contribution in [2.24, 2.45) is 0 Å². The normalized spacial score (nSPS) is 36.2. The largest absolute Gasteiger partial charge is 0.464 e. The molecule has 68 valence electrons. The fourth-order valence-corrected chi connectivity index (χ4v) is 1.54. The van der Waals surface area contributed by atoms with E-state index in [4.69, 9.17) is 18.8 Å². The van der Waals surface area contributed by atoms with Gasteiger partial charge in [-0.2, -0.15) is 0 Å². The van der Waals surface area contributed by atoms with Gasteiger partial charge in [-0.1, -0.05) is 0 Å². The van der Waals surface area contributed by atoms with Crippen molar-refractivity contribution in [2.45, 2.75) is 18.5 Å². The van der Waals surface area contributed by atoms with Crippen molar-refractivity contribution >= 4 is 7.12 Å². The first-order valence-electron chi connectivity index (χ1n) is 4.28. The molecule has 5 heteroatoms. The minimum absolute atomic E-state index is 0.113. The molecule has 0 bridgehead atoms. The molecule has 0 spiro atoms. The van der Waals surface area contributed by atoms with Gasteiger partial charge in [-0.3, -0.25) is 0 Å². The lowest BCUT2D eigenvalue weighted by atomic mass is 9.72. The smallest absolute Gasteiger partial charge is 0.406 e. The summed E-state index contributed by atoms with van der Waals surface area (Å²) >= 11 is 0. The highest BCUT2D eigenvalue weighted by Gasteiger charge is 2.40. The van der Waals surface area contributed by atoms with Gasteiger partial charge in [-0.25, -0.2) is 0 Å². The molecule has 0 amide bonds. The van der Waals surface area contributed by atoms with E-state index in [1.807, 2.05) is 0 Å². The third kappa shape index (κ3) is 1.64. The molecular weight excluding hydrogens is 159 g/mol. The second-order valence-corrected chi connectivity index (χ2v) is 3.13. The van der Waals surface area contributed by atoms with Gasteiger partial charge < -0.3 is 18.8 Å². The number of hydrogen-bond acceptors (Lipinski definition) is 4. The molecule has 4 nitrogen and oxygen atoms in total. The van der Waals surface area contributed by atoms with Crippen molar-refractivity contribution in [1.29, 1.82) is 0 Å². The van der Waals surface area contributed by atoms with Crippen molar-refractivity contribution < 1.29 is 18.8 Å². The standard InChI is InChI=1S/C7H13BO4/c1-9-7-5-11-8(12-7)6-2-3-10-4-6/h6-7H,2-5H2,1H3. The first-order chi connectivity index (χ1) is 5.90. The lowest BCUT2D eigenvalue weighted by Crippen LogP contribution is -2.24. The molecule has 2 unspecified atom stereocenters. The SMILES string of the molecule is COC1COB(C2CCOC2)O1. The van der Waals surface area contributed by atoms with Crippen molar-refractivity contribution in [1.82, 2.24) is 0 Å². The lowest BCUT2D eigenvalue weighted by Gasteiger charge is -2.10. The summed E-state index contributed by atoms with van der Waals surface area (Å²) in [6.45, 7) is 2.12. The van der Waals surface area contributed by atoms with Crippen LogP contribution < -0.4 is 0 Å². The Bertz CT molecular complexity index is 148. The molecule has 0 radical (unpaired) electrons. The third-order valence-electron chi connectivity index (χ3n) is 2.30. The Morgan fingerprint density at radius 3 is 2.92 bits per heavy atom. The van der Waals surface area contributed by atoms with E-state index in [1.165, 1.54) is 0 Å². The first kappa shape index (κ1) is 8.50. The average Bonchev–Trinajstić information content (AvgIpc) is 2.75. The van der Waals surface area contributed by atoms with E-state index < -0.39 is 0 Å². The van der Waals surface area contributed by atoms with E-state index in [9.17, 15) is 0 Å². The van der Waals surface area contributed by atoms with Crippen molar-refractivity contribution in [3.05, 3.63) is 0 Å². The van der Waals surface area contributed by atoms with Crippen LogP contribution >= 0.6 is 0 Å². The summed E-state index contributed by atoms with van der Waals surface area (Å²) < 4.78 is 21.1. The highest BCUT2D eigenvalue weighted by Crippen LogP contribution is 2.27. The van der Waals surface area contributed by atoms with Crippen LogP contribution in [0, 0.1) is 0 Å². The first-order valence-corrected chi connectivity index (χ1v) is 4.28. The number of hydrogen-bond donors (Lipinski definition) is 0. The average molecular weight is 172 g/mol. The molecule has 0 aromatic rings. The van der Waals surface area contributed by atoms with Gasteiger partial charge in [0.05, 0.1) is 6.61 Å². The molecule has 2 rings (SSSR count). The maximum absolute atomic E-state index is 5.47. The monoisotopic (exact) mass is 172 g/mol. The summed E-state index contributed by atoms with van der Waals surface area (Å²) in [5, 5.41) is 0. The van der Waals surface area contributed by atoms with Gasteiger partial charge in [0, 0.05) is 26.1 Å². The summed E-state index contributed by atoms with van der Waals surface area (Å²) in [5.41, 5.74) is 0. The van der Waals surface area contributed by atoms with Crippen LogP contribution in [0.2, 0.25) is 5.82 Å². The van der Waals surface area contributed by atoms with Gasteiger partial charge in [0.1, 0.15) is 0 Å². The van der Waals surface area contributed by atoms with Crippen LogP contribution in [0.1, 0.15) is 6.42 Å². The molecule has 0 saturated carbocycles. The summed E-state index contributed by atoms with van der Waals surface area (Å²) in [6, 6.07) is 0. The Hall–Kier alpha value is -0.0951. The molecule has 0 aromatic heterocycles. The van der Waals surface area contributed by atoms with E-state index in [0.29, 0.717) is 12.4 Å². The Balaban J connectivity index is 1.81. The van der Waals surface area contributed by atoms with E-state index in [-0.39, 0.29) is 13.4 Å². The van der Waals surface area contributed by atoms with Crippen LogP contribution in [-0.4, -0.2) is 40.3 Å². The molecule has 0 N–H and O–H groups in total. The second kappa shape index (κ2) is 3.74. The zero-order chi connectivity index (χ0) is 8.39. The molecule has 2 aliphatic rings. The van der Waals surface area contributed by atoms with Gasteiger partial charge >= 0.3 is 7.12 Å². The Kier molecular flexibility index (Phi) is 2.65. The van der Waals surface area contributed by atoms with Gasteiger partial charge in [-0.05, 0) is 6.42 Å². The summed E-state index contributed by atoms with van der Waals surface area (Å²) in [6.07, 6.45) is 0.844. The summed E-state index contributed by atoms with van der Waals surface area (Å²) in [7, 11) is 1.51. The minimum Gasteiger partial charge on any atom is -0.406 e. The predicted molar refractivity (Wildman–Crippen MR) is 42.8 cm³/mol. The van der Waals surface area contributed by atoms with Gasteiger partial charge in [0.2, 0.25) is 0 Å². The van der Waals surface area contributed by atoms with Crippen LogP contribution in [0.15, 0.2) is 0 Å². The van der Waals surface area contributed by atoms with Gasteiger partial charge in [0.25, 0.3) is 0 Å². The Labute approximate surface area is 72.3 Å². The Morgan fingerprint density at radius 2 is 2.33 bits per heavy atom. The van der Waals surface area contributed by atoms with Crippen molar-refractivity contribution in [3.8, 4) is 0 Å². The molecule has 0 aromatic carbocycles. The van der Waals surface area contributed by atoms with Crippen LogP contribution in [-0.2, 0) is 18.8 Å². The number of methoxy groups -OCH3 is 1. The van der Waals surface area contributed by atoms with E-state index in [2.05, 4.69) is 0 Å². The second-order valence-electron chi connectivity index (χ2n) is 3.13. The van der Waals surface area contributed by atoms with Gasteiger partial charge in [0.15, 0.2) is 6.29 Å². The highest BCUT2D eigenvalue weighted by atomic mass is 16.7. The molecule has 2 atom stereocenters. The zero-order valence-corrected chi connectivity index (χ0v) is 7.19. The fraction of sp³-hybridized carbons (Fsp3) is 1.00. The number of ether oxygens (including phenoxy) is 2. The van der Waals surface area contributed by atoms with E-state index in [0.717, 1.165) is 19.6 Å². The zero-order valence-electron chi connectivity index (χ0n) is 7.19. The Morgan fingerprint density at radius 1 is 1.42 bits per heavy atom. The van der Waals surface area contributed by atoms with Crippen LogP contribution in [0.4, 0.5) is 0 Å². The number of rotatable bonds is 2. The van der Waals surface area contributed by atoms with E-state index in [1.54, 1.807) is 7.11 Å². The molecule has 0 aliphatic carbocycles. The molecule has 2 aliphatic heterocycles. The molecular formula is C7H13BO4. The molecule has 12 heavy (non-hydrogen) atoms. The summed E-state index contributed by atoms with van der Waals surface area (Å²) in [5.74, 6) is 0.394. The molecule has 2 heterocycles. The van der Waals surface area contributed by atoms with Crippen LogP contribution in [0.3, 0.4) is 0 Å². The minimum atomic E-state index is -0.185. The summed E-state index contributed by atoms with van der Waals surface area (Å²) in [4.78, 5) is 0. The van der Waals surface area contributed by atoms with Crippen LogP contribution in [0.5, 0.6) is 0 Å². The quantitative estimate of drug-likeness (QED) is 0.560. The maximum Gasteiger partial charge on any atom is 0.464 e. The molecule has 2 saturated heterocycles. The maximum atomic E-state index is 5.47. The van der Waals surface area contributed by atoms with Gasteiger partial charge in [-0.15, -0.1) is 0 Å². The lowest BCUT2D eigenvalue weighted by molar-refractivity contribution is -0.0403. The van der Waals surface area contributed by atoms with E-state index >= 15 is 0 Å². The highest BCUT2D eigenvalue weighted by molar-refractivity contribution is 6.47. The third-order valence-corrected chi connectivity index (χ3v) is 2.30. The van der Waals surface area contributed by atoms with Crippen LogP contribution in [0.25, 0.3) is 0 Å². The molecule has 2 fully saturated rings. The topological polar surface area (TPSA) is 36.9 Å². The van der Waals surface area contributed by atoms with Crippen molar-refractivity contribution in [3.63, 3.8) is 0 Å². The fourth-order valence-electron chi connectivity index (χ4n) is 1.54. The van der Waals surface area contributed by atoms with Crippen molar-refractivity contribution in [2.75, 3.05) is 26.9 Å².